The van der Waals surface area contributed by atoms with E-state index in [1.165, 1.54) is 12.1 Å². The maximum atomic E-state index is 13.4. The van der Waals surface area contributed by atoms with Crippen LogP contribution in [0.15, 0.2) is 59.2 Å². The van der Waals surface area contributed by atoms with Crippen LogP contribution in [-0.4, -0.2) is 10.1 Å². The number of pyridine rings is 1. The number of aliphatic hydroxyl groups is 1. The number of aromatic nitrogens is 1. The molecule has 2 aromatic carbocycles. The first-order chi connectivity index (χ1) is 9.63. The van der Waals surface area contributed by atoms with E-state index in [0.29, 0.717) is 15.6 Å². The molecule has 0 amide bonds. The zero-order chi connectivity index (χ0) is 14.1. The van der Waals surface area contributed by atoms with Gasteiger partial charge in [0.15, 0.2) is 0 Å². The van der Waals surface area contributed by atoms with E-state index in [0.717, 1.165) is 10.9 Å². The van der Waals surface area contributed by atoms with E-state index < -0.39 is 6.10 Å². The SMILES string of the molecule is OC(c1cc(F)cc(Br)c1)c1cnc2ccccc2c1. The maximum absolute atomic E-state index is 13.4. The van der Waals surface area contributed by atoms with E-state index in [9.17, 15) is 9.50 Å². The van der Waals surface area contributed by atoms with Gasteiger partial charge in [0.25, 0.3) is 0 Å². The molecule has 0 saturated carbocycles. The summed E-state index contributed by atoms with van der Waals surface area (Å²) in [6.07, 6.45) is 0.713. The predicted molar refractivity (Wildman–Crippen MR) is 79.9 cm³/mol. The largest absolute Gasteiger partial charge is 0.384 e. The number of benzene rings is 2. The molecule has 1 atom stereocenters. The van der Waals surface area contributed by atoms with Crippen molar-refractivity contribution in [3.63, 3.8) is 0 Å². The highest BCUT2D eigenvalue weighted by molar-refractivity contribution is 9.10. The molecule has 3 aromatic rings. The Kier molecular flexibility index (Phi) is 3.51. The van der Waals surface area contributed by atoms with Gasteiger partial charge in [-0.25, -0.2) is 4.39 Å². The van der Waals surface area contributed by atoms with Crippen molar-refractivity contribution in [2.75, 3.05) is 0 Å². The fourth-order valence-corrected chi connectivity index (χ4v) is 2.65. The highest BCUT2D eigenvalue weighted by Crippen LogP contribution is 2.27. The van der Waals surface area contributed by atoms with Crippen molar-refractivity contribution in [1.29, 1.82) is 0 Å². The average molecular weight is 332 g/mol. The molecule has 100 valence electrons. The van der Waals surface area contributed by atoms with Gasteiger partial charge in [0.05, 0.1) is 5.52 Å². The van der Waals surface area contributed by atoms with E-state index in [2.05, 4.69) is 20.9 Å². The van der Waals surface area contributed by atoms with Gasteiger partial charge in [-0.1, -0.05) is 34.1 Å². The number of halogens is 2. The summed E-state index contributed by atoms with van der Waals surface area (Å²) in [6.45, 7) is 0. The second-order valence-corrected chi connectivity index (χ2v) is 5.48. The summed E-state index contributed by atoms with van der Waals surface area (Å²) in [7, 11) is 0. The third-order valence-electron chi connectivity index (χ3n) is 3.13. The highest BCUT2D eigenvalue weighted by Gasteiger charge is 2.13. The first kappa shape index (κ1) is 13.2. The lowest BCUT2D eigenvalue weighted by Crippen LogP contribution is -2.01. The van der Waals surface area contributed by atoms with Crippen molar-refractivity contribution in [2.24, 2.45) is 0 Å². The van der Waals surface area contributed by atoms with E-state index >= 15 is 0 Å². The lowest BCUT2D eigenvalue weighted by atomic mass is 10.0. The molecule has 0 aliphatic rings. The minimum atomic E-state index is -0.904. The summed E-state index contributed by atoms with van der Waals surface area (Å²) in [5.74, 6) is -0.387. The van der Waals surface area contributed by atoms with Crippen LogP contribution in [0.25, 0.3) is 10.9 Å². The Balaban J connectivity index is 2.05. The fourth-order valence-electron chi connectivity index (χ4n) is 2.16. The molecule has 1 aromatic heterocycles. The number of nitrogens with zero attached hydrogens (tertiary/aromatic N) is 1. The molecule has 0 aliphatic heterocycles. The summed E-state index contributed by atoms with van der Waals surface area (Å²) in [5.41, 5.74) is 2.00. The molecule has 0 bridgehead atoms. The van der Waals surface area contributed by atoms with Gasteiger partial charge < -0.3 is 5.11 Å². The second-order valence-electron chi connectivity index (χ2n) is 4.57. The summed E-state index contributed by atoms with van der Waals surface area (Å²) >= 11 is 3.23. The van der Waals surface area contributed by atoms with Crippen LogP contribution in [0, 0.1) is 5.82 Å². The van der Waals surface area contributed by atoms with Crippen molar-refractivity contribution in [3.05, 3.63) is 76.1 Å². The molecular weight excluding hydrogens is 321 g/mol. The van der Waals surface area contributed by atoms with E-state index in [1.807, 2.05) is 30.3 Å². The van der Waals surface area contributed by atoms with Gasteiger partial charge in [0.1, 0.15) is 11.9 Å². The lowest BCUT2D eigenvalue weighted by Gasteiger charge is -2.12. The number of hydrogen-bond acceptors (Lipinski definition) is 2. The topological polar surface area (TPSA) is 33.1 Å². The third kappa shape index (κ3) is 2.57. The highest BCUT2D eigenvalue weighted by atomic mass is 79.9. The maximum Gasteiger partial charge on any atom is 0.124 e. The van der Waals surface area contributed by atoms with Gasteiger partial charge in [0, 0.05) is 21.6 Å². The van der Waals surface area contributed by atoms with Crippen LogP contribution < -0.4 is 0 Å². The zero-order valence-electron chi connectivity index (χ0n) is 10.4. The molecule has 20 heavy (non-hydrogen) atoms. The summed E-state index contributed by atoms with van der Waals surface area (Å²) in [4.78, 5) is 4.31. The Morgan fingerprint density at radius 1 is 1.05 bits per heavy atom. The Morgan fingerprint density at radius 2 is 1.85 bits per heavy atom. The summed E-state index contributed by atoms with van der Waals surface area (Å²) < 4.78 is 14.0. The molecule has 1 heterocycles. The smallest absolute Gasteiger partial charge is 0.124 e. The van der Waals surface area contributed by atoms with Crippen LogP contribution >= 0.6 is 15.9 Å². The van der Waals surface area contributed by atoms with Crippen molar-refractivity contribution in [3.8, 4) is 0 Å². The molecular formula is C16H11BrFNO. The molecule has 0 fully saturated rings. The third-order valence-corrected chi connectivity index (χ3v) is 3.59. The average Bonchev–Trinajstić information content (AvgIpc) is 2.45. The Morgan fingerprint density at radius 3 is 2.65 bits per heavy atom. The monoisotopic (exact) mass is 331 g/mol. The van der Waals surface area contributed by atoms with E-state index in [-0.39, 0.29) is 5.82 Å². The molecule has 0 aliphatic carbocycles. The van der Waals surface area contributed by atoms with Gasteiger partial charge in [0.2, 0.25) is 0 Å². The van der Waals surface area contributed by atoms with E-state index in [4.69, 9.17) is 0 Å². The number of rotatable bonds is 2. The van der Waals surface area contributed by atoms with E-state index in [1.54, 1.807) is 12.3 Å². The number of aliphatic hydroxyl groups excluding tert-OH is 1. The molecule has 1 N–H and O–H groups in total. The van der Waals surface area contributed by atoms with Crippen LogP contribution in [0.5, 0.6) is 0 Å². The minimum Gasteiger partial charge on any atom is -0.384 e. The van der Waals surface area contributed by atoms with Crippen LogP contribution in [0.2, 0.25) is 0 Å². The predicted octanol–water partition coefficient (Wildman–Crippen LogP) is 4.22. The number of para-hydroxylation sites is 1. The molecule has 2 nitrogen and oxygen atoms in total. The van der Waals surface area contributed by atoms with Crippen LogP contribution in [-0.2, 0) is 0 Å². The van der Waals surface area contributed by atoms with Gasteiger partial charge in [-0.15, -0.1) is 0 Å². The molecule has 0 spiro atoms. The standard InChI is InChI=1S/C16H11BrFNO/c17-13-6-11(7-14(18)8-13)16(20)12-5-10-3-1-2-4-15(10)19-9-12/h1-9,16,20H. The summed E-state index contributed by atoms with van der Waals surface area (Å²) in [5, 5.41) is 11.3. The first-order valence-electron chi connectivity index (χ1n) is 6.12. The van der Waals surface area contributed by atoms with Crippen LogP contribution in [0.4, 0.5) is 4.39 Å². The van der Waals surface area contributed by atoms with Gasteiger partial charge >= 0.3 is 0 Å². The van der Waals surface area contributed by atoms with Crippen molar-refractivity contribution >= 4 is 26.8 Å². The van der Waals surface area contributed by atoms with Crippen molar-refractivity contribution < 1.29 is 9.50 Å². The zero-order valence-corrected chi connectivity index (χ0v) is 12.0. The van der Waals surface area contributed by atoms with Gasteiger partial charge in [-0.05, 0) is 35.9 Å². The first-order valence-corrected chi connectivity index (χ1v) is 6.91. The van der Waals surface area contributed by atoms with Crippen molar-refractivity contribution in [2.45, 2.75) is 6.10 Å². The normalized spacial score (nSPS) is 12.6. The quantitative estimate of drug-likeness (QED) is 0.762. The number of fused-ring (bicyclic) bond motifs is 1. The Bertz CT molecular complexity index is 755. The van der Waals surface area contributed by atoms with Crippen LogP contribution in [0.1, 0.15) is 17.2 Å². The molecule has 0 radical (unpaired) electrons. The fraction of sp³-hybridized carbons (Fsp3) is 0.0625. The van der Waals surface area contributed by atoms with Crippen molar-refractivity contribution in [1.82, 2.24) is 4.98 Å². The molecule has 3 rings (SSSR count). The Hall–Kier alpha value is -1.78. The lowest BCUT2D eigenvalue weighted by molar-refractivity contribution is 0.219. The number of hydrogen-bond donors (Lipinski definition) is 1. The Labute approximate surface area is 124 Å². The molecule has 4 heteroatoms. The molecule has 1 unspecified atom stereocenters. The summed E-state index contributed by atoms with van der Waals surface area (Å²) in [6, 6.07) is 13.9. The van der Waals surface area contributed by atoms with Gasteiger partial charge in [-0.3, -0.25) is 4.98 Å². The molecule has 0 saturated heterocycles. The minimum absolute atomic E-state index is 0.387. The van der Waals surface area contributed by atoms with Crippen LogP contribution in [0.3, 0.4) is 0 Å². The van der Waals surface area contributed by atoms with Gasteiger partial charge in [-0.2, -0.15) is 0 Å². The second kappa shape index (κ2) is 5.31.